The Morgan fingerprint density at radius 1 is 1.00 bits per heavy atom. The van der Waals surface area contributed by atoms with Crippen molar-refractivity contribution in [2.24, 2.45) is 0 Å². The molecule has 23 heavy (non-hydrogen) atoms. The predicted octanol–water partition coefficient (Wildman–Crippen LogP) is 4.03. The number of carbonyl (C=O) groups is 1. The Hall–Kier alpha value is -2.00. The van der Waals surface area contributed by atoms with E-state index < -0.39 is 0 Å². The molecule has 0 saturated carbocycles. The molecular weight excluding hydrogens is 310 g/mol. The number of hydrogen-bond donors (Lipinski definition) is 1. The van der Waals surface area contributed by atoms with Crippen molar-refractivity contribution in [3.8, 4) is 5.75 Å². The van der Waals surface area contributed by atoms with Crippen molar-refractivity contribution in [2.75, 3.05) is 13.7 Å². The third kappa shape index (κ3) is 6.33. The number of amides is 1. The number of hydrogen-bond acceptors (Lipinski definition) is 2. The van der Waals surface area contributed by atoms with Crippen LogP contribution in [0.3, 0.4) is 0 Å². The van der Waals surface area contributed by atoms with Crippen LogP contribution in [-0.2, 0) is 17.6 Å². The summed E-state index contributed by atoms with van der Waals surface area (Å²) in [5.74, 6) is 0.928. The Labute approximate surface area is 142 Å². The van der Waals surface area contributed by atoms with E-state index in [0.29, 0.717) is 13.0 Å². The van der Waals surface area contributed by atoms with Crippen LogP contribution in [-0.4, -0.2) is 19.6 Å². The Morgan fingerprint density at radius 2 is 1.61 bits per heavy atom. The molecule has 0 aromatic heterocycles. The number of benzene rings is 2. The van der Waals surface area contributed by atoms with Gasteiger partial charge in [-0.3, -0.25) is 4.79 Å². The summed E-state index contributed by atoms with van der Waals surface area (Å²) in [5.41, 5.74) is 2.38. The molecule has 2 aromatic rings. The first-order valence-electron chi connectivity index (χ1n) is 7.81. The van der Waals surface area contributed by atoms with Gasteiger partial charge >= 0.3 is 0 Å². The highest BCUT2D eigenvalue weighted by Crippen LogP contribution is 2.13. The molecule has 2 rings (SSSR count). The minimum Gasteiger partial charge on any atom is -0.497 e. The second kappa shape index (κ2) is 9.21. The monoisotopic (exact) mass is 331 g/mol. The molecule has 4 heteroatoms. The Kier molecular flexibility index (Phi) is 6.95. The quantitative estimate of drug-likeness (QED) is 0.742. The highest BCUT2D eigenvalue weighted by molar-refractivity contribution is 6.30. The van der Waals surface area contributed by atoms with Crippen LogP contribution in [0.25, 0.3) is 0 Å². The third-order valence-corrected chi connectivity index (χ3v) is 3.93. The first kappa shape index (κ1) is 17.4. The molecule has 0 spiro atoms. The second-order valence-corrected chi connectivity index (χ2v) is 5.86. The molecule has 0 atom stereocenters. The Morgan fingerprint density at radius 3 is 2.26 bits per heavy atom. The van der Waals surface area contributed by atoms with E-state index in [1.807, 2.05) is 48.5 Å². The maximum atomic E-state index is 11.8. The van der Waals surface area contributed by atoms with Crippen LogP contribution in [0.4, 0.5) is 0 Å². The van der Waals surface area contributed by atoms with Crippen LogP contribution < -0.4 is 10.1 Å². The van der Waals surface area contributed by atoms with Gasteiger partial charge in [-0.2, -0.15) is 0 Å². The zero-order valence-electron chi connectivity index (χ0n) is 13.3. The van der Waals surface area contributed by atoms with Crippen LogP contribution in [0.1, 0.15) is 24.0 Å². The smallest absolute Gasteiger partial charge is 0.220 e. The largest absolute Gasteiger partial charge is 0.497 e. The van der Waals surface area contributed by atoms with Crippen molar-refractivity contribution in [3.05, 3.63) is 64.7 Å². The molecule has 0 aliphatic carbocycles. The predicted molar refractivity (Wildman–Crippen MR) is 94.1 cm³/mol. The number of methoxy groups -OCH3 is 1. The molecule has 0 radical (unpaired) electrons. The van der Waals surface area contributed by atoms with Crippen molar-refractivity contribution in [1.29, 1.82) is 0 Å². The fourth-order valence-electron chi connectivity index (χ4n) is 2.31. The summed E-state index contributed by atoms with van der Waals surface area (Å²) in [6, 6.07) is 15.6. The van der Waals surface area contributed by atoms with E-state index >= 15 is 0 Å². The summed E-state index contributed by atoms with van der Waals surface area (Å²) in [6.45, 7) is 0.698. The van der Waals surface area contributed by atoms with Gasteiger partial charge in [0.2, 0.25) is 5.91 Å². The molecule has 3 nitrogen and oxygen atoms in total. The molecule has 0 bridgehead atoms. The Balaban J connectivity index is 1.62. The summed E-state index contributed by atoms with van der Waals surface area (Å²) in [4.78, 5) is 11.8. The van der Waals surface area contributed by atoms with Gasteiger partial charge in [-0.15, -0.1) is 0 Å². The van der Waals surface area contributed by atoms with Gasteiger partial charge in [-0.1, -0.05) is 35.9 Å². The van der Waals surface area contributed by atoms with Crippen molar-refractivity contribution < 1.29 is 9.53 Å². The van der Waals surface area contributed by atoms with Crippen molar-refractivity contribution in [1.82, 2.24) is 5.32 Å². The molecule has 0 aliphatic rings. The van der Waals surface area contributed by atoms with Gasteiger partial charge in [0, 0.05) is 18.0 Å². The highest BCUT2D eigenvalue weighted by atomic mass is 35.5. The molecule has 1 N–H and O–H groups in total. The number of aryl methyl sites for hydroxylation is 2. The number of carbonyl (C=O) groups excluding carboxylic acids is 1. The zero-order chi connectivity index (χ0) is 16.5. The van der Waals surface area contributed by atoms with E-state index in [-0.39, 0.29) is 5.91 Å². The second-order valence-electron chi connectivity index (χ2n) is 5.43. The summed E-state index contributed by atoms with van der Waals surface area (Å²) in [6.07, 6.45) is 3.12. The molecule has 0 unspecified atom stereocenters. The number of halogens is 1. The molecule has 0 aliphatic heterocycles. The summed E-state index contributed by atoms with van der Waals surface area (Å²) in [7, 11) is 1.65. The Bertz CT molecular complexity index is 608. The normalized spacial score (nSPS) is 10.3. The van der Waals surface area contributed by atoms with Crippen LogP contribution in [0, 0.1) is 0 Å². The first-order chi connectivity index (χ1) is 11.2. The molecule has 122 valence electrons. The van der Waals surface area contributed by atoms with Crippen LogP contribution in [0.15, 0.2) is 48.5 Å². The minimum absolute atomic E-state index is 0.0944. The zero-order valence-corrected chi connectivity index (χ0v) is 14.1. The molecule has 2 aromatic carbocycles. The topological polar surface area (TPSA) is 38.3 Å². The molecule has 1 amide bonds. The van der Waals surface area contributed by atoms with Crippen LogP contribution >= 0.6 is 11.6 Å². The molecule has 0 heterocycles. The van der Waals surface area contributed by atoms with Gasteiger partial charge in [0.25, 0.3) is 0 Å². The van der Waals surface area contributed by atoms with Gasteiger partial charge in [-0.25, -0.2) is 0 Å². The standard InChI is InChI=1S/C19H22ClNO2/c1-23-18-11-6-16(7-12-18)8-13-19(22)21-14-2-3-15-4-9-17(20)10-5-15/h4-7,9-12H,2-3,8,13-14H2,1H3,(H,21,22). The van der Waals surface area contributed by atoms with Crippen molar-refractivity contribution in [2.45, 2.75) is 25.7 Å². The minimum atomic E-state index is 0.0944. The van der Waals surface area contributed by atoms with E-state index in [2.05, 4.69) is 5.32 Å². The maximum absolute atomic E-state index is 11.8. The van der Waals surface area contributed by atoms with E-state index in [9.17, 15) is 4.79 Å². The van der Waals surface area contributed by atoms with Gasteiger partial charge in [0.15, 0.2) is 0 Å². The number of ether oxygens (including phenoxy) is 1. The average molecular weight is 332 g/mol. The average Bonchev–Trinajstić information content (AvgIpc) is 2.59. The third-order valence-electron chi connectivity index (χ3n) is 3.68. The number of nitrogens with one attached hydrogen (secondary N) is 1. The van der Waals surface area contributed by atoms with E-state index in [1.54, 1.807) is 7.11 Å². The van der Waals surface area contributed by atoms with Crippen molar-refractivity contribution in [3.63, 3.8) is 0 Å². The van der Waals surface area contributed by atoms with Crippen molar-refractivity contribution >= 4 is 17.5 Å². The summed E-state index contributed by atoms with van der Waals surface area (Å²) >= 11 is 5.85. The summed E-state index contributed by atoms with van der Waals surface area (Å²) < 4.78 is 5.12. The van der Waals surface area contributed by atoms with Gasteiger partial charge in [0.05, 0.1) is 7.11 Å². The molecular formula is C19H22ClNO2. The first-order valence-corrected chi connectivity index (χ1v) is 8.19. The van der Waals surface area contributed by atoms with E-state index in [4.69, 9.17) is 16.3 Å². The van der Waals surface area contributed by atoms with E-state index in [1.165, 1.54) is 5.56 Å². The lowest BCUT2D eigenvalue weighted by atomic mass is 10.1. The maximum Gasteiger partial charge on any atom is 0.220 e. The SMILES string of the molecule is COc1ccc(CCC(=O)NCCCc2ccc(Cl)cc2)cc1. The lowest BCUT2D eigenvalue weighted by molar-refractivity contribution is -0.121. The van der Waals surface area contributed by atoms with Gasteiger partial charge < -0.3 is 10.1 Å². The van der Waals surface area contributed by atoms with Crippen LogP contribution in [0.5, 0.6) is 5.75 Å². The lowest BCUT2D eigenvalue weighted by Crippen LogP contribution is -2.24. The van der Waals surface area contributed by atoms with Gasteiger partial charge in [0.1, 0.15) is 5.75 Å². The van der Waals surface area contributed by atoms with Crippen LogP contribution in [0.2, 0.25) is 5.02 Å². The fourth-order valence-corrected chi connectivity index (χ4v) is 2.44. The lowest BCUT2D eigenvalue weighted by Gasteiger charge is -2.06. The van der Waals surface area contributed by atoms with Gasteiger partial charge in [-0.05, 0) is 54.7 Å². The number of rotatable bonds is 8. The highest BCUT2D eigenvalue weighted by Gasteiger charge is 2.02. The fraction of sp³-hybridized carbons (Fsp3) is 0.316. The summed E-state index contributed by atoms with van der Waals surface area (Å²) in [5, 5.41) is 3.72. The molecule has 0 fully saturated rings. The molecule has 0 saturated heterocycles. The van der Waals surface area contributed by atoms with E-state index in [0.717, 1.165) is 35.6 Å².